The fraction of sp³-hybridized carbons (Fsp3) is 0.895. The second kappa shape index (κ2) is 8.49. The SMILES string of the molecule is CC1CCCC2CC(C(=O)NC3CCCN(C(=O)CCCN)C3)NC12. The molecule has 25 heavy (non-hydrogen) atoms. The number of amides is 2. The fourth-order valence-corrected chi connectivity index (χ4v) is 4.91. The summed E-state index contributed by atoms with van der Waals surface area (Å²) in [6.07, 6.45) is 7.95. The molecule has 2 heterocycles. The molecule has 0 aromatic heterocycles. The summed E-state index contributed by atoms with van der Waals surface area (Å²) in [5.41, 5.74) is 5.49. The Kier molecular flexibility index (Phi) is 6.34. The zero-order valence-electron chi connectivity index (χ0n) is 15.5. The lowest BCUT2D eigenvalue weighted by Crippen LogP contribution is -2.53. The molecule has 5 atom stereocenters. The van der Waals surface area contributed by atoms with Gasteiger partial charge in [-0.05, 0) is 56.9 Å². The minimum atomic E-state index is -0.0566. The van der Waals surface area contributed by atoms with Crippen molar-refractivity contribution >= 4 is 11.8 Å². The van der Waals surface area contributed by atoms with Crippen molar-refractivity contribution in [2.24, 2.45) is 17.6 Å². The predicted octanol–water partition coefficient (Wildman–Crippen LogP) is 0.999. The quantitative estimate of drug-likeness (QED) is 0.690. The number of nitrogens with one attached hydrogen (secondary N) is 2. The highest BCUT2D eigenvalue weighted by atomic mass is 16.2. The van der Waals surface area contributed by atoms with Crippen LogP contribution in [0.1, 0.15) is 58.3 Å². The maximum Gasteiger partial charge on any atom is 0.237 e. The summed E-state index contributed by atoms with van der Waals surface area (Å²) in [5, 5.41) is 6.79. The Morgan fingerprint density at radius 2 is 2.08 bits per heavy atom. The Labute approximate surface area is 151 Å². The molecule has 6 heteroatoms. The van der Waals surface area contributed by atoms with E-state index < -0.39 is 0 Å². The minimum Gasteiger partial charge on any atom is -0.350 e. The first-order chi connectivity index (χ1) is 12.1. The van der Waals surface area contributed by atoms with Crippen LogP contribution in [0.4, 0.5) is 0 Å². The van der Waals surface area contributed by atoms with Crippen LogP contribution in [0.3, 0.4) is 0 Å². The van der Waals surface area contributed by atoms with E-state index in [2.05, 4.69) is 17.6 Å². The Balaban J connectivity index is 1.48. The van der Waals surface area contributed by atoms with Gasteiger partial charge in [-0.25, -0.2) is 0 Å². The van der Waals surface area contributed by atoms with E-state index in [4.69, 9.17) is 5.73 Å². The minimum absolute atomic E-state index is 0.0566. The molecule has 0 radical (unpaired) electrons. The number of piperidine rings is 1. The molecule has 3 aliphatic rings. The lowest BCUT2D eigenvalue weighted by atomic mass is 9.78. The smallest absolute Gasteiger partial charge is 0.237 e. The average Bonchev–Trinajstić information content (AvgIpc) is 3.06. The normalized spacial score (nSPS) is 35.3. The van der Waals surface area contributed by atoms with E-state index in [1.54, 1.807) is 0 Å². The second-order valence-electron chi connectivity index (χ2n) is 8.23. The standard InChI is InChI=1S/C19H34N4O2/c1-13-5-2-6-14-11-16(22-18(13)14)19(25)21-15-7-4-10-23(12-15)17(24)8-3-9-20/h13-16,18,22H,2-12,20H2,1H3,(H,21,25). The molecule has 6 nitrogen and oxygen atoms in total. The molecule has 1 aliphatic carbocycles. The summed E-state index contributed by atoms with van der Waals surface area (Å²) in [4.78, 5) is 26.8. The van der Waals surface area contributed by atoms with Crippen molar-refractivity contribution in [1.82, 2.24) is 15.5 Å². The van der Waals surface area contributed by atoms with Crippen LogP contribution in [0, 0.1) is 11.8 Å². The fourth-order valence-electron chi connectivity index (χ4n) is 4.91. The Morgan fingerprint density at radius 1 is 1.24 bits per heavy atom. The summed E-state index contributed by atoms with van der Waals surface area (Å²) in [7, 11) is 0. The molecule has 0 aromatic rings. The Morgan fingerprint density at radius 3 is 2.84 bits per heavy atom. The van der Waals surface area contributed by atoms with Crippen molar-refractivity contribution in [2.45, 2.75) is 76.4 Å². The van der Waals surface area contributed by atoms with Gasteiger partial charge in [-0.3, -0.25) is 9.59 Å². The predicted molar refractivity (Wildman–Crippen MR) is 97.9 cm³/mol. The largest absolute Gasteiger partial charge is 0.350 e. The number of rotatable bonds is 5. The molecule has 2 amide bonds. The molecule has 3 fully saturated rings. The maximum atomic E-state index is 12.7. The Hall–Kier alpha value is -1.14. The van der Waals surface area contributed by atoms with E-state index >= 15 is 0 Å². The van der Waals surface area contributed by atoms with Gasteiger partial charge in [0.2, 0.25) is 11.8 Å². The first-order valence-corrected chi connectivity index (χ1v) is 10.1. The van der Waals surface area contributed by atoms with Gasteiger partial charge < -0.3 is 21.3 Å². The van der Waals surface area contributed by atoms with Gasteiger partial charge in [0.05, 0.1) is 6.04 Å². The van der Waals surface area contributed by atoms with E-state index in [0.717, 1.165) is 32.2 Å². The van der Waals surface area contributed by atoms with Crippen LogP contribution < -0.4 is 16.4 Å². The van der Waals surface area contributed by atoms with Crippen LogP contribution in [0.2, 0.25) is 0 Å². The highest BCUT2D eigenvalue weighted by Crippen LogP contribution is 2.36. The van der Waals surface area contributed by atoms with Crippen LogP contribution in [0.5, 0.6) is 0 Å². The molecule has 142 valence electrons. The van der Waals surface area contributed by atoms with Crippen molar-refractivity contribution in [3.63, 3.8) is 0 Å². The highest BCUT2D eigenvalue weighted by molar-refractivity contribution is 5.82. The number of nitrogens with two attached hydrogens (primary N) is 1. The first-order valence-electron chi connectivity index (χ1n) is 10.1. The van der Waals surface area contributed by atoms with Gasteiger partial charge in [0, 0.05) is 31.6 Å². The number of likely N-dealkylation sites (tertiary alicyclic amines) is 1. The van der Waals surface area contributed by atoms with Crippen molar-refractivity contribution in [1.29, 1.82) is 0 Å². The van der Waals surface area contributed by atoms with Crippen LogP contribution in [-0.2, 0) is 9.59 Å². The van der Waals surface area contributed by atoms with Crippen molar-refractivity contribution < 1.29 is 9.59 Å². The summed E-state index contributed by atoms with van der Waals surface area (Å²) >= 11 is 0. The van der Waals surface area contributed by atoms with Crippen LogP contribution >= 0.6 is 0 Å². The van der Waals surface area contributed by atoms with Crippen LogP contribution in [0.25, 0.3) is 0 Å². The van der Waals surface area contributed by atoms with Gasteiger partial charge in [0.1, 0.15) is 0 Å². The third-order valence-corrected chi connectivity index (χ3v) is 6.32. The molecule has 4 N–H and O–H groups in total. The highest BCUT2D eigenvalue weighted by Gasteiger charge is 2.41. The molecule has 5 unspecified atom stereocenters. The monoisotopic (exact) mass is 350 g/mol. The number of fused-ring (bicyclic) bond motifs is 1. The average molecular weight is 351 g/mol. The van der Waals surface area contributed by atoms with E-state index in [0.29, 0.717) is 37.4 Å². The second-order valence-corrected chi connectivity index (χ2v) is 8.23. The van der Waals surface area contributed by atoms with Gasteiger partial charge in [-0.1, -0.05) is 13.3 Å². The first kappa shape index (κ1) is 18.6. The zero-order valence-corrected chi connectivity index (χ0v) is 15.5. The third-order valence-electron chi connectivity index (χ3n) is 6.32. The number of hydrogen-bond donors (Lipinski definition) is 3. The molecule has 1 saturated carbocycles. The summed E-state index contributed by atoms with van der Waals surface area (Å²) < 4.78 is 0. The van der Waals surface area contributed by atoms with E-state index in [-0.39, 0.29) is 23.9 Å². The Bertz CT molecular complexity index is 484. The van der Waals surface area contributed by atoms with E-state index in [1.165, 1.54) is 19.3 Å². The topological polar surface area (TPSA) is 87.5 Å². The lowest BCUT2D eigenvalue weighted by molar-refractivity contribution is -0.133. The summed E-state index contributed by atoms with van der Waals surface area (Å²) in [6, 6.07) is 0.536. The van der Waals surface area contributed by atoms with Gasteiger partial charge in [-0.15, -0.1) is 0 Å². The zero-order chi connectivity index (χ0) is 17.8. The summed E-state index contributed by atoms with van der Waals surface area (Å²) in [6.45, 7) is 4.30. The van der Waals surface area contributed by atoms with Crippen molar-refractivity contribution in [3.8, 4) is 0 Å². The number of carbonyl (C=O) groups is 2. The van der Waals surface area contributed by atoms with Gasteiger partial charge in [0.15, 0.2) is 0 Å². The summed E-state index contributed by atoms with van der Waals surface area (Å²) in [5.74, 6) is 1.62. The number of nitrogens with zero attached hydrogens (tertiary/aromatic N) is 1. The number of carbonyl (C=O) groups excluding carboxylic acids is 2. The van der Waals surface area contributed by atoms with Crippen molar-refractivity contribution in [2.75, 3.05) is 19.6 Å². The maximum absolute atomic E-state index is 12.7. The van der Waals surface area contributed by atoms with E-state index in [9.17, 15) is 9.59 Å². The molecule has 0 bridgehead atoms. The van der Waals surface area contributed by atoms with Crippen LogP contribution in [-0.4, -0.2) is 54.5 Å². The molecule has 0 spiro atoms. The lowest BCUT2D eigenvalue weighted by Gasteiger charge is -2.34. The molecule has 2 saturated heterocycles. The number of hydrogen-bond acceptors (Lipinski definition) is 4. The van der Waals surface area contributed by atoms with Crippen molar-refractivity contribution in [3.05, 3.63) is 0 Å². The van der Waals surface area contributed by atoms with E-state index in [1.807, 2.05) is 4.90 Å². The molecule has 2 aliphatic heterocycles. The molecule has 3 rings (SSSR count). The molecular weight excluding hydrogens is 316 g/mol. The van der Waals surface area contributed by atoms with Gasteiger partial charge in [-0.2, -0.15) is 0 Å². The third kappa shape index (κ3) is 4.53. The van der Waals surface area contributed by atoms with Gasteiger partial charge >= 0.3 is 0 Å². The molecular formula is C19H34N4O2. The molecule has 0 aromatic carbocycles. The van der Waals surface area contributed by atoms with Crippen LogP contribution in [0.15, 0.2) is 0 Å². The van der Waals surface area contributed by atoms with Gasteiger partial charge in [0.25, 0.3) is 0 Å².